The van der Waals surface area contributed by atoms with E-state index in [0.717, 1.165) is 0 Å². The number of pyridine rings is 1. The molecular weight excluding hydrogens is 312 g/mol. The first-order chi connectivity index (χ1) is 11.5. The van der Waals surface area contributed by atoms with E-state index in [1.165, 1.54) is 11.8 Å². The molecule has 0 aliphatic carbocycles. The van der Waals surface area contributed by atoms with Gasteiger partial charge in [0.25, 0.3) is 0 Å². The molecule has 0 unspecified atom stereocenters. The van der Waals surface area contributed by atoms with Crippen LogP contribution in [0.3, 0.4) is 0 Å². The Bertz CT molecular complexity index is 747. The minimum absolute atomic E-state index is 0.0626. The molecule has 4 atom stereocenters. The highest BCUT2D eigenvalue weighted by molar-refractivity contribution is 6.07. The molecule has 0 aromatic carbocycles. The zero-order valence-corrected chi connectivity index (χ0v) is 13.0. The Hall–Kier alpha value is -2.54. The van der Waals surface area contributed by atoms with E-state index in [-0.39, 0.29) is 25.0 Å². The molecule has 3 aliphatic heterocycles. The first-order valence-corrected chi connectivity index (χ1v) is 7.77. The van der Waals surface area contributed by atoms with Crippen molar-refractivity contribution in [1.29, 1.82) is 0 Å². The summed E-state index contributed by atoms with van der Waals surface area (Å²) in [4.78, 5) is 42.1. The SMILES string of the molecule is CC(=O)OC[C@@]12C=C[C@@H](O1)[C@H]1C(=O)N(Cc3ccccn3)C(=O)[C@@H]12. The Morgan fingerprint density at radius 2 is 2.21 bits per heavy atom. The van der Waals surface area contributed by atoms with Gasteiger partial charge in [-0.2, -0.15) is 0 Å². The van der Waals surface area contributed by atoms with Gasteiger partial charge in [0.1, 0.15) is 12.2 Å². The van der Waals surface area contributed by atoms with Crippen LogP contribution < -0.4 is 0 Å². The van der Waals surface area contributed by atoms with Crippen molar-refractivity contribution >= 4 is 17.8 Å². The van der Waals surface area contributed by atoms with E-state index in [2.05, 4.69) is 4.98 Å². The molecule has 1 aromatic rings. The van der Waals surface area contributed by atoms with Crippen LogP contribution in [-0.4, -0.2) is 46.0 Å². The molecule has 1 aromatic heterocycles. The molecule has 24 heavy (non-hydrogen) atoms. The Balaban J connectivity index is 1.61. The Labute approximate surface area is 138 Å². The van der Waals surface area contributed by atoms with Gasteiger partial charge in [-0.05, 0) is 18.2 Å². The quantitative estimate of drug-likeness (QED) is 0.453. The molecule has 7 nitrogen and oxygen atoms in total. The van der Waals surface area contributed by atoms with Gasteiger partial charge in [0.15, 0.2) is 0 Å². The number of imide groups is 1. The minimum atomic E-state index is -1.04. The summed E-state index contributed by atoms with van der Waals surface area (Å²) in [5.74, 6) is -2.20. The summed E-state index contributed by atoms with van der Waals surface area (Å²) in [6, 6.07) is 5.36. The average Bonchev–Trinajstić information content (AvgIpc) is 3.21. The van der Waals surface area contributed by atoms with Crippen LogP contribution in [0, 0.1) is 11.8 Å². The molecule has 2 bridgehead atoms. The van der Waals surface area contributed by atoms with Gasteiger partial charge in [0.05, 0.1) is 30.2 Å². The molecule has 4 heterocycles. The summed E-state index contributed by atoms with van der Waals surface area (Å²) in [6.07, 6.45) is 4.70. The van der Waals surface area contributed by atoms with Crippen molar-refractivity contribution in [2.24, 2.45) is 11.8 Å². The number of hydrogen-bond acceptors (Lipinski definition) is 6. The molecule has 2 fully saturated rings. The summed E-state index contributed by atoms with van der Waals surface area (Å²) in [5, 5.41) is 0. The van der Waals surface area contributed by atoms with Crippen LogP contribution in [-0.2, 0) is 30.4 Å². The van der Waals surface area contributed by atoms with Gasteiger partial charge >= 0.3 is 5.97 Å². The second kappa shape index (κ2) is 5.24. The minimum Gasteiger partial charge on any atom is -0.462 e. The Morgan fingerprint density at radius 3 is 2.92 bits per heavy atom. The number of fused-ring (bicyclic) bond motifs is 5. The smallest absolute Gasteiger partial charge is 0.302 e. The lowest BCUT2D eigenvalue weighted by Crippen LogP contribution is -2.44. The maximum absolute atomic E-state index is 12.9. The van der Waals surface area contributed by atoms with Crippen molar-refractivity contribution in [2.45, 2.75) is 25.2 Å². The van der Waals surface area contributed by atoms with Crippen molar-refractivity contribution in [3.05, 3.63) is 42.2 Å². The second-order valence-corrected chi connectivity index (χ2v) is 6.26. The van der Waals surface area contributed by atoms with Crippen LogP contribution in [0.5, 0.6) is 0 Å². The lowest BCUT2D eigenvalue weighted by molar-refractivity contribution is -0.155. The largest absolute Gasteiger partial charge is 0.462 e. The number of amides is 2. The standard InChI is InChI=1S/C17H16N2O5/c1-10(20)23-9-17-6-5-12(24-17)13-14(17)16(22)19(15(13)21)8-11-4-2-3-7-18-11/h2-7,12-14H,8-9H2,1H3/t12-,13-,14-,17-/m1/s1. The third kappa shape index (κ3) is 2.08. The summed E-state index contributed by atoms with van der Waals surface area (Å²) in [7, 11) is 0. The van der Waals surface area contributed by atoms with Crippen molar-refractivity contribution in [3.8, 4) is 0 Å². The molecule has 2 amide bonds. The van der Waals surface area contributed by atoms with Crippen LogP contribution in [0.15, 0.2) is 36.5 Å². The number of carbonyl (C=O) groups excluding carboxylic acids is 3. The third-order valence-electron chi connectivity index (χ3n) is 4.79. The van der Waals surface area contributed by atoms with E-state index in [1.807, 2.05) is 6.07 Å². The number of likely N-dealkylation sites (tertiary alicyclic amines) is 1. The zero-order chi connectivity index (χ0) is 16.9. The molecule has 0 saturated carbocycles. The first kappa shape index (κ1) is 15.0. The number of ether oxygens (including phenoxy) is 2. The van der Waals surface area contributed by atoms with Gasteiger partial charge in [-0.3, -0.25) is 24.3 Å². The predicted molar refractivity (Wildman–Crippen MR) is 80.2 cm³/mol. The van der Waals surface area contributed by atoms with Crippen LogP contribution in [0.2, 0.25) is 0 Å². The van der Waals surface area contributed by atoms with E-state index in [1.54, 1.807) is 30.5 Å². The second-order valence-electron chi connectivity index (χ2n) is 6.26. The van der Waals surface area contributed by atoms with Gasteiger partial charge in [0, 0.05) is 13.1 Å². The fourth-order valence-electron chi connectivity index (χ4n) is 3.75. The zero-order valence-electron chi connectivity index (χ0n) is 13.0. The molecule has 0 radical (unpaired) electrons. The monoisotopic (exact) mass is 328 g/mol. The van der Waals surface area contributed by atoms with E-state index in [0.29, 0.717) is 5.69 Å². The Morgan fingerprint density at radius 1 is 1.38 bits per heavy atom. The molecule has 3 aliphatic rings. The van der Waals surface area contributed by atoms with Gasteiger partial charge < -0.3 is 9.47 Å². The van der Waals surface area contributed by atoms with Crippen LogP contribution >= 0.6 is 0 Å². The maximum atomic E-state index is 12.9. The molecule has 4 rings (SSSR count). The Kier molecular flexibility index (Phi) is 3.28. The molecular formula is C17H16N2O5. The lowest BCUT2D eigenvalue weighted by atomic mass is 9.77. The highest BCUT2D eigenvalue weighted by Gasteiger charge is 2.67. The molecule has 7 heteroatoms. The van der Waals surface area contributed by atoms with Crippen molar-refractivity contribution < 1.29 is 23.9 Å². The maximum Gasteiger partial charge on any atom is 0.302 e. The summed E-state index contributed by atoms with van der Waals surface area (Å²) < 4.78 is 10.9. The van der Waals surface area contributed by atoms with Crippen LogP contribution in [0.4, 0.5) is 0 Å². The molecule has 124 valence electrons. The van der Waals surface area contributed by atoms with Gasteiger partial charge in [-0.25, -0.2) is 0 Å². The molecule has 0 N–H and O–H groups in total. The number of nitrogens with zero attached hydrogens (tertiary/aromatic N) is 2. The fraction of sp³-hybridized carbons (Fsp3) is 0.412. The number of carbonyl (C=O) groups is 3. The molecule has 0 spiro atoms. The van der Waals surface area contributed by atoms with E-state index < -0.39 is 29.5 Å². The van der Waals surface area contributed by atoms with Crippen LogP contribution in [0.25, 0.3) is 0 Å². The number of aromatic nitrogens is 1. The highest BCUT2D eigenvalue weighted by atomic mass is 16.6. The van der Waals surface area contributed by atoms with Crippen molar-refractivity contribution in [3.63, 3.8) is 0 Å². The third-order valence-corrected chi connectivity index (χ3v) is 4.79. The van der Waals surface area contributed by atoms with E-state index in [9.17, 15) is 14.4 Å². The topological polar surface area (TPSA) is 85.8 Å². The van der Waals surface area contributed by atoms with Gasteiger partial charge in [0.2, 0.25) is 11.8 Å². The average molecular weight is 328 g/mol. The van der Waals surface area contributed by atoms with E-state index >= 15 is 0 Å². The van der Waals surface area contributed by atoms with Gasteiger partial charge in [-0.15, -0.1) is 0 Å². The van der Waals surface area contributed by atoms with E-state index in [4.69, 9.17) is 9.47 Å². The predicted octanol–water partition coefficient (Wildman–Crippen LogP) is 0.453. The van der Waals surface area contributed by atoms with Gasteiger partial charge in [-0.1, -0.05) is 12.1 Å². The molecule has 2 saturated heterocycles. The van der Waals surface area contributed by atoms with Crippen molar-refractivity contribution in [1.82, 2.24) is 9.88 Å². The fourth-order valence-corrected chi connectivity index (χ4v) is 3.75. The lowest BCUT2D eigenvalue weighted by Gasteiger charge is -2.28. The number of rotatable bonds is 4. The van der Waals surface area contributed by atoms with Crippen LogP contribution in [0.1, 0.15) is 12.6 Å². The summed E-state index contributed by atoms with van der Waals surface area (Å²) in [5.41, 5.74) is -0.387. The number of esters is 1. The number of hydrogen-bond donors (Lipinski definition) is 0. The first-order valence-electron chi connectivity index (χ1n) is 7.77. The summed E-state index contributed by atoms with van der Waals surface area (Å²) >= 11 is 0. The highest BCUT2D eigenvalue weighted by Crippen LogP contribution is 2.52. The normalized spacial score (nSPS) is 33.2. The van der Waals surface area contributed by atoms with Crippen molar-refractivity contribution in [2.75, 3.05) is 6.61 Å². The summed E-state index contributed by atoms with van der Waals surface area (Å²) in [6.45, 7) is 1.38.